The van der Waals surface area contributed by atoms with Crippen LogP contribution in [0.5, 0.6) is 5.75 Å². The van der Waals surface area contributed by atoms with Gasteiger partial charge in [-0.3, -0.25) is 14.4 Å². The first-order valence-corrected chi connectivity index (χ1v) is 20.1. The summed E-state index contributed by atoms with van der Waals surface area (Å²) < 4.78 is 24.2. The minimum Gasteiger partial charge on any atom is -0.481 e. The van der Waals surface area contributed by atoms with E-state index in [-0.39, 0.29) is 54.4 Å². The topological polar surface area (TPSA) is 225 Å². The lowest BCUT2D eigenvalue weighted by atomic mass is 9.88. The number of benzene rings is 3. The van der Waals surface area contributed by atoms with Crippen molar-refractivity contribution in [2.24, 2.45) is 16.6 Å². The van der Waals surface area contributed by atoms with Crippen LogP contribution in [0.15, 0.2) is 89.9 Å². The number of carbonyl (C=O) groups excluding carboxylic acids is 3. The predicted octanol–water partition coefficient (Wildman–Crippen LogP) is 5.03. The van der Waals surface area contributed by atoms with E-state index < -0.39 is 24.0 Å². The van der Waals surface area contributed by atoms with Crippen LogP contribution in [0.4, 0.5) is 4.79 Å². The molecule has 0 aromatic heterocycles. The van der Waals surface area contributed by atoms with Gasteiger partial charge >= 0.3 is 19.6 Å². The number of carboxylic acid groups (broad SMARTS) is 1. The molecule has 0 aliphatic carbocycles. The third-order valence-electron chi connectivity index (χ3n) is 9.28. The van der Waals surface area contributed by atoms with Gasteiger partial charge in [0.1, 0.15) is 22.0 Å². The summed E-state index contributed by atoms with van der Waals surface area (Å²) >= 11 is 1.49. The van der Waals surface area contributed by atoms with Gasteiger partial charge in [-0.25, -0.2) is 19.9 Å². The van der Waals surface area contributed by atoms with E-state index in [4.69, 9.17) is 25.9 Å². The van der Waals surface area contributed by atoms with E-state index in [2.05, 4.69) is 20.9 Å². The van der Waals surface area contributed by atoms with Gasteiger partial charge in [-0.2, -0.15) is 4.99 Å². The quantitative estimate of drug-likeness (QED) is 0.0237. The zero-order chi connectivity index (χ0) is 37.8. The van der Waals surface area contributed by atoms with E-state index in [9.17, 15) is 23.7 Å². The van der Waals surface area contributed by atoms with Crippen molar-refractivity contribution < 1.29 is 38.0 Å². The number of urea groups is 1. The van der Waals surface area contributed by atoms with Gasteiger partial charge in [0.25, 0.3) is 0 Å². The molecule has 5 rings (SSSR count). The van der Waals surface area contributed by atoms with Crippen molar-refractivity contribution in [3.63, 3.8) is 0 Å². The van der Waals surface area contributed by atoms with E-state index in [1.807, 2.05) is 60.7 Å². The van der Waals surface area contributed by atoms with Crippen LogP contribution in [0.3, 0.4) is 0 Å². The number of amidine groups is 1. The molecule has 4 amide bonds. The molecule has 16 heteroatoms. The molecule has 2 aliphatic rings. The molecular weight excluding hydrogens is 719 g/mol. The van der Waals surface area contributed by atoms with Crippen LogP contribution in [-0.4, -0.2) is 63.9 Å². The number of unbranched alkanes of at least 4 members (excludes halogenated alkanes) is 3. The number of rotatable bonds is 19. The van der Waals surface area contributed by atoms with E-state index in [0.29, 0.717) is 67.5 Å². The minimum atomic E-state index is -3.99. The number of thioether (sulfide) groups is 1. The van der Waals surface area contributed by atoms with Crippen LogP contribution in [0.25, 0.3) is 0 Å². The number of nitrogens with zero attached hydrogens (tertiary/aromatic N) is 1. The fourth-order valence-electron chi connectivity index (χ4n) is 6.64. The molecule has 1 unspecified atom stereocenters. The Balaban J connectivity index is 1.09. The van der Waals surface area contributed by atoms with Crippen molar-refractivity contribution in [1.29, 1.82) is 0 Å². The van der Waals surface area contributed by atoms with Gasteiger partial charge in [-0.05, 0) is 61.1 Å². The lowest BCUT2D eigenvalue weighted by Crippen LogP contribution is -2.56. The maximum atomic E-state index is 14.1. The van der Waals surface area contributed by atoms with Crippen LogP contribution >= 0.6 is 19.4 Å². The zero-order valence-corrected chi connectivity index (χ0v) is 30.9. The maximum absolute atomic E-state index is 14.1. The molecule has 2 aliphatic heterocycles. The Morgan fingerprint density at radius 2 is 1.57 bits per heavy atom. The Labute approximate surface area is 312 Å². The maximum Gasteiger partial charge on any atom is 0.407 e. The van der Waals surface area contributed by atoms with Crippen LogP contribution in [0, 0.1) is 0 Å². The highest BCUT2D eigenvalue weighted by molar-refractivity contribution is 8.01. The molecule has 0 radical (unpaired) electrons. The molecule has 53 heavy (non-hydrogen) atoms. The summed E-state index contributed by atoms with van der Waals surface area (Å²) in [5, 5.41) is 17.7. The highest BCUT2D eigenvalue weighted by Gasteiger charge is 2.57. The third-order valence-corrected chi connectivity index (χ3v) is 12.9. The summed E-state index contributed by atoms with van der Waals surface area (Å²) in [6.07, 6.45) is 3.46. The number of aliphatic imine (C=N–C) groups is 1. The second-order valence-corrected chi connectivity index (χ2v) is 16.3. The number of carboxylic acids is 1. The number of hydrogen-bond donors (Lipinski definition) is 6. The van der Waals surface area contributed by atoms with Gasteiger partial charge < -0.3 is 31.3 Å². The summed E-state index contributed by atoms with van der Waals surface area (Å²) in [7, 11) is -3.99. The van der Waals surface area contributed by atoms with Crippen LogP contribution in [-0.2, 0) is 23.6 Å². The minimum absolute atomic E-state index is 0.0213. The van der Waals surface area contributed by atoms with Crippen molar-refractivity contribution >= 4 is 49.0 Å². The fraction of sp³-hybridized carbons (Fsp3) is 0.378. The summed E-state index contributed by atoms with van der Waals surface area (Å²) in [5.41, 5.74) is 7.23. The van der Waals surface area contributed by atoms with E-state index in [0.717, 1.165) is 0 Å². The van der Waals surface area contributed by atoms with Crippen LogP contribution in [0.2, 0.25) is 0 Å². The highest BCUT2D eigenvalue weighted by atomic mass is 32.2. The van der Waals surface area contributed by atoms with Crippen LogP contribution in [0.1, 0.15) is 73.7 Å². The molecule has 282 valence electrons. The Hall–Kier alpha value is -4.69. The summed E-state index contributed by atoms with van der Waals surface area (Å²) in [6.45, 7) is 0.391. The number of fused-ring (bicyclic) bond motifs is 1. The molecule has 0 bridgehead atoms. The number of nitrogens with two attached hydrogens (primary N) is 2. The number of nitrogens with one attached hydrogen (secondary N) is 3. The fourth-order valence-corrected chi connectivity index (χ4v) is 10.0. The van der Waals surface area contributed by atoms with Crippen molar-refractivity contribution in [1.82, 2.24) is 16.0 Å². The molecule has 3 aromatic rings. The van der Waals surface area contributed by atoms with Crippen molar-refractivity contribution in [2.45, 2.75) is 73.9 Å². The SMILES string of the molecule is NOP(=O)(Oc1ccc(C(N)=NC(=O)CCCCCNC(=O)[C@@]2(CCCCC(=O)O)SC[C@@H]3NC(=O)N[C@@H]32)cc1)C(c1ccccc1)c1ccccc1. The Morgan fingerprint density at radius 3 is 2.19 bits per heavy atom. The van der Waals surface area contributed by atoms with E-state index in [1.54, 1.807) is 24.3 Å². The largest absolute Gasteiger partial charge is 0.481 e. The first kappa shape index (κ1) is 39.5. The zero-order valence-electron chi connectivity index (χ0n) is 29.1. The Morgan fingerprint density at radius 1 is 0.925 bits per heavy atom. The third kappa shape index (κ3) is 10.0. The van der Waals surface area contributed by atoms with Crippen molar-refractivity contribution in [3.05, 3.63) is 102 Å². The normalized spacial score (nSPS) is 20.6. The predicted molar refractivity (Wildman–Crippen MR) is 202 cm³/mol. The smallest absolute Gasteiger partial charge is 0.407 e. The second kappa shape index (κ2) is 18.4. The lowest BCUT2D eigenvalue weighted by Gasteiger charge is -2.32. The molecule has 3 aromatic carbocycles. The first-order chi connectivity index (χ1) is 25.5. The summed E-state index contributed by atoms with van der Waals surface area (Å²) in [6, 6.07) is 23.8. The molecule has 14 nitrogen and oxygen atoms in total. The van der Waals surface area contributed by atoms with Gasteiger partial charge in [0.15, 0.2) is 0 Å². The van der Waals surface area contributed by atoms with Crippen molar-refractivity contribution in [3.8, 4) is 5.75 Å². The Bertz CT molecular complexity index is 1780. The average molecular weight is 765 g/mol. The highest BCUT2D eigenvalue weighted by Crippen LogP contribution is 2.62. The molecule has 0 saturated carbocycles. The Kier molecular flexibility index (Phi) is 13.7. The number of aliphatic carboxylic acids is 1. The van der Waals surface area contributed by atoms with E-state index in [1.165, 1.54) is 11.8 Å². The van der Waals surface area contributed by atoms with Gasteiger partial charge in [-0.1, -0.05) is 73.5 Å². The van der Waals surface area contributed by atoms with Crippen LogP contribution < -0.4 is 32.1 Å². The second-order valence-electron chi connectivity index (χ2n) is 12.9. The monoisotopic (exact) mass is 764 g/mol. The molecule has 2 heterocycles. The number of carbonyl (C=O) groups is 4. The number of hydrogen-bond acceptors (Lipinski definition) is 9. The molecular formula is C37H45N6O8PS. The summed E-state index contributed by atoms with van der Waals surface area (Å²) in [4.78, 5) is 53.0. The number of amides is 4. The van der Waals surface area contributed by atoms with Gasteiger partial charge in [0.2, 0.25) is 11.8 Å². The van der Waals surface area contributed by atoms with E-state index >= 15 is 0 Å². The molecule has 0 spiro atoms. The standard InChI is InChI=1S/C37H45N6O8PS/c38-34(27-18-20-28(21-19-27)50-52(49,51-39)32(25-12-4-1-5-13-25)26-14-6-2-7-15-26)42-30(44)16-8-3-11-23-40-35(47)37(22-10-9-17-31(45)46)33-29(24-53-37)41-36(48)43-33/h1-2,4-7,12-15,18-21,29,32-33H,3,8-11,16-17,22-24,39H2,(H,40,47)(H,45,46)(H2,38,42,44)(H2,41,43,48)/t29-,33-,37-,52?/m0/s1. The first-order valence-electron chi connectivity index (χ1n) is 17.5. The van der Waals surface area contributed by atoms with Crippen molar-refractivity contribution in [2.75, 3.05) is 12.3 Å². The van der Waals surface area contributed by atoms with Gasteiger partial charge in [0.05, 0.1) is 12.1 Å². The lowest BCUT2D eigenvalue weighted by molar-refractivity contribution is -0.137. The van der Waals surface area contributed by atoms with Gasteiger partial charge in [-0.15, -0.1) is 11.8 Å². The molecule has 2 saturated heterocycles. The summed E-state index contributed by atoms with van der Waals surface area (Å²) in [5.74, 6) is 5.00. The molecule has 2 fully saturated rings. The van der Waals surface area contributed by atoms with Gasteiger partial charge in [0, 0.05) is 30.7 Å². The molecule has 4 atom stereocenters. The molecule has 8 N–H and O–H groups in total. The average Bonchev–Trinajstić information content (AvgIpc) is 3.70.